The van der Waals surface area contributed by atoms with Crippen LogP contribution in [0.2, 0.25) is 0 Å². The Labute approximate surface area is 114 Å². The van der Waals surface area contributed by atoms with Crippen molar-refractivity contribution in [1.82, 2.24) is 15.8 Å². The highest BCUT2D eigenvalue weighted by Crippen LogP contribution is 2.16. The highest BCUT2D eigenvalue weighted by Gasteiger charge is 2.13. The van der Waals surface area contributed by atoms with Crippen molar-refractivity contribution >= 4 is 5.91 Å². The van der Waals surface area contributed by atoms with Gasteiger partial charge in [0.25, 0.3) is 5.91 Å². The molecule has 2 N–H and O–H groups in total. The van der Waals surface area contributed by atoms with Gasteiger partial charge in [0, 0.05) is 19.1 Å². The van der Waals surface area contributed by atoms with E-state index in [-0.39, 0.29) is 5.91 Å². The van der Waals surface area contributed by atoms with Gasteiger partial charge in [-0.2, -0.15) is 0 Å². The van der Waals surface area contributed by atoms with Gasteiger partial charge in [-0.05, 0) is 19.8 Å². The lowest BCUT2D eigenvalue weighted by molar-refractivity contribution is 0.0952. The van der Waals surface area contributed by atoms with Crippen molar-refractivity contribution in [3.63, 3.8) is 0 Å². The molecule has 2 rings (SSSR count). The molecule has 0 radical (unpaired) electrons. The summed E-state index contributed by atoms with van der Waals surface area (Å²) < 4.78 is 4.87. The van der Waals surface area contributed by atoms with Gasteiger partial charge in [0.1, 0.15) is 11.3 Å². The third-order valence-electron chi connectivity index (χ3n) is 3.69. The zero-order valence-corrected chi connectivity index (χ0v) is 11.6. The molecule has 1 aromatic heterocycles. The Morgan fingerprint density at radius 2 is 2.05 bits per heavy atom. The van der Waals surface area contributed by atoms with Crippen molar-refractivity contribution in [1.29, 1.82) is 0 Å². The van der Waals surface area contributed by atoms with E-state index < -0.39 is 0 Å². The summed E-state index contributed by atoms with van der Waals surface area (Å²) in [5.41, 5.74) is 0.523. The van der Waals surface area contributed by atoms with Crippen LogP contribution in [0.1, 0.15) is 54.6 Å². The Balaban J connectivity index is 1.64. The minimum absolute atomic E-state index is 0.110. The number of hydrogen-bond donors (Lipinski definition) is 2. The first-order valence-corrected chi connectivity index (χ1v) is 7.20. The molecule has 1 aliphatic rings. The zero-order chi connectivity index (χ0) is 13.5. The molecule has 1 fully saturated rings. The van der Waals surface area contributed by atoms with Crippen LogP contribution in [0.5, 0.6) is 0 Å². The molecular weight excluding hydrogens is 242 g/mol. The number of aryl methyl sites for hydroxylation is 1. The highest BCUT2D eigenvalue weighted by atomic mass is 16.5. The molecule has 1 amide bonds. The summed E-state index contributed by atoms with van der Waals surface area (Å²) in [6.07, 6.45) is 9.36. The summed E-state index contributed by atoms with van der Waals surface area (Å²) >= 11 is 0. The zero-order valence-electron chi connectivity index (χ0n) is 11.6. The molecule has 0 aromatic carbocycles. The third-order valence-corrected chi connectivity index (χ3v) is 3.69. The van der Waals surface area contributed by atoms with E-state index in [4.69, 9.17) is 4.52 Å². The van der Waals surface area contributed by atoms with E-state index in [0.717, 1.165) is 6.54 Å². The fourth-order valence-electron chi connectivity index (χ4n) is 2.55. The Morgan fingerprint density at radius 1 is 1.32 bits per heavy atom. The summed E-state index contributed by atoms with van der Waals surface area (Å²) in [7, 11) is 0. The first kappa shape index (κ1) is 14.1. The number of aromatic nitrogens is 1. The van der Waals surface area contributed by atoms with Crippen LogP contribution in [0.4, 0.5) is 0 Å². The van der Waals surface area contributed by atoms with E-state index in [1.165, 1.54) is 44.7 Å². The van der Waals surface area contributed by atoms with Gasteiger partial charge in [-0.3, -0.25) is 4.79 Å². The van der Waals surface area contributed by atoms with Crippen LogP contribution in [-0.2, 0) is 0 Å². The number of nitrogens with one attached hydrogen (secondary N) is 2. The molecular formula is C14H23N3O2. The topological polar surface area (TPSA) is 67.2 Å². The Hall–Kier alpha value is -1.36. The van der Waals surface area contributed by atoms with Gasteiger partial charge in [0.05, 0.1) is 6.20 Å². The minimum atomic E-state index is -0.110. The van der Waals surface area contributed by atoms with Crippen LogP contribution in [-0.4, -0.2) is 30.2 Å². The summed E-state index contributed by atoms with van der Waals surface area (Å²) in [6, 6.07) is 0.622. The van der Waals surface area contributed by atoms with Crippen LogP contribution in [0.3, 0.4) is 0 Å². The largest absolute Gasteiger partial charge is 0.361 e. The molecule has 0 atom stereocenters. The van der Waals surface area contributed by atoms with E-state index in [1.54, 1.807) is 6.92 Å². The second kappa shape index (κ2) is 7.28. The molecule has 5 heteroatoms. The highest BCUT2D eigenvalue weighted by molar-refractivity contribution is 5.94. The van der Waals surface area contributed by atoms with Gasteiger partial charge in [-0.1, -0.05) is 30.8 Å². The first-order valence-electron chi connectivity index (χ1n) is 7.20. The molecule has 1 heterocycles. The number of carbonyl (C=O) groups excluding carboxylic acids is 1. The summed E-state index contributed by atoms with van der Waals surface area (Å²) in [6.45, 7) is 3.20. The monoisotopic (exact) mass is 265 g/mol. The first-order chi connectivity index (χ1) is 9.27. The van der Waals surface area contributed by atoms with Crippen molar-refractivity contribution in [2.45, 2.75) is 51.5 Å². The standard InChI is InChI=1S/C14H23N3O2/c1-11-13(10-17-19-11)14(18)16-9-8-15-12-6-4-2-3-5-7-12/h10,12,15H,2-9H2,1H3,(H,16,18). The molecule has 1 aliphatic carbocycles. The summed E-state index contributed by atoms with van der Waals surface area (Å²) in [4.78, 5) is 11.8. The van der Waals surface area contributed by atoms with Gasteiger partial charge >= 0.3 is 0 Å². The normalized spacial score (nSPS) is 17.1. The van der Waals surface area contributed by atoms with E-state index in [0.29, 0.717) is 23.9 Å². The second-order valence-corrected chi connectivity index (χ2v) is 5.19. The summed E-state index contributed by atoms with van der Waals surface area (Å²) in [5.74, 6) is 0.454. The quantitative estimate of drug-likeness (QED) is 0.631. The van der Waals surface area contributed by atoms with Crippen LogP contribution >= 0.6 is 0 Å². The number of nitrogens with zero attached hydrogens (tertiary/aromatic N) is 1. The van der Waals surface area contributed by atoms with Crippen LogP contribution in [0, 0.1) is 6.92 Å². The fourth-order valence-corrected chi connectivity index (χ4v) is 2.55. The molecule has 0 aliphatic heterocycles. The summed E-state index contributed by atoms with van der Waals surface area (Å²) in [5, 5.41) is 10.0. The Kier molecular flexibility index (Phi) is 5.39. The lowest BCUT2D eigenvalue weighted by Crippen LogP contribution is -2.36. The van der Waals surface area contributed by atoms with Crippen LogP contribution < -0.4 is 10.6 Å². The Bertz CT molecular complexity index is 395. The van der Waals surface area contributed by atoms with E-state index in [2.05, 4.69) is 15.8 Å². The van der Waals surface area contributed by atoms with Crippen molar-refractivity contribution in [3.8, 4) is 0 Å². The minimum Gasteiger partial charge on any atom is -0.361 e. The predicted octanol–water partition coefficient (Wildman–Crippen LogP) is 2.03. The lowest BCUT2D eigenvalue weighted by Gasteiger charge is -2.16. The van der Waals surface area contributed by atoms with Gasteiger partial charge < -0.3 is 15.2 Å². The number of amides is 1. The molecule has 0 unspecified atom stereocenters. The smallest absolute Gasteiger partial charge is 0.256 e. The molecule has 106 valence electrons. The van der Waals surface area contributed by atoms with Gasteiger partial charge in [-0.15, -0.1) is 0 Å². The van der Waals surface area contributed by atoms with Crippen molar-refractivity contribution in [2.75, 3.05) is 13.1 Å². The molecule has 1 saturated carbocycles. The maximum Gasteiger partial charge on any atom is 0.256 e. The van der Waals surface area contributed by atoms with E-state index in [1.807, 2.05) is 0 Å². The van der Waals surface area contributed by atoms with Gasteiger partial charge in [0.2, 0.25) is 0 Å². The molecule has 0 saturated heterocycles. The van der Waals surface area contributed by atoms with Crippen molar-refractivity contribution in [2.24, 2.45) is 0 Å². The van der Waals surface area contributed by atoms with Gasteiger partial charge in [-0.25, -0.2) is 0 Å². The second-order valence-electron chi connectivity index (χ2n) is 5.19. The molecule has 0 bridgehead atoms. The average Bonchev–Trinajstić information content (AvgIpc) is 2.68. The SMILES string of the molecule is Cc1oncc1C(=O)NCCNC1CCCCCC1. The number of rotatable bonds is 5. The molecule has 0 spiro atoms. The fraction of sp³-hybridized carbons (Fsp3) is 0.714. The van der Waals surface area contributed by atoms with E-state index in [9.17, 15) is 4.79 Å². The van der Waals surface area contributed by atoms with Crippen LogP contribution in [0.25, 0.3) is 0 Å². The molecule has 19 heavy (non-hydrogen) atoms. The van der Waals surface area contributed by atoms with Crippen molar-refractivity contribution in [3.05, 3.63) is 17.5 Å². The van der Waals surface area contributed by atoms with Crippen LogP contribution in [0.15, 0.2) is 10.7 Å². The predicted molar refractivity (Wildman–Crippen MR) is 73.1 cm³/mol. The van der Waals surface area contributed by atoms with Gasteiger partial charge in [0.15, 0.2) is 0 Å². The van der Waals surface area contributed by atoms with E-state index >= 15 is 0 Å². The lowest BCUT2D eigenvalue weighted by atomic mass is 10.1. The Morgan fingerprint density at radius 3 is 2.68 bits per heavy atom. The third kappa shape index (κ3) is 4.35. The maximum absolute atomic E-state index is 11.8. The maximum atomic E-state index is 11.8. The average molecular weight is 265 g/mol. The molecule has 5 nitrogen and oxygen atoms in total. The molecule has 1 aromatic rings. The number of carbonyl (C=O) groups is 1. The van der Waals surface area contributed by atoms with Crippen molar-refractivity contribution < 1.29 is 9.32 Å². The number of hydrogen-bond acceptors (Lipinski definition) is 4.